The van der Waals surface area contributed by atoms with Gasteiger partial charge in [0.05, 0.1) is 6.04 Å². The van der Waals surface area contributed by atoms with E-state index in [2.05, 4.69) is 10.3 Å². The highest BCUT2D eigenvalue weighted by molar-refractivity contribution is 5.77. The van der Waals surface area contributed by atoms with Gasteiger partial charge in [-0.3, -0.25) is 9.78 Å². The summed E-state index contributed by atoms with van der Waals surface area (Å²) >= 11 is 0. The van der Waals surface area contributed by atoms with E-state index in [0.717, 1.165) is 31.2 Å². The van der Waals surface area contributed by atoms with E-state index in [-0.39, 0.29) is 17.5 Å². The molecule has 0 bridgehead atoms. The van der Waals surface area contributed by atoms with Crippen LogP contribution < -0.4 is 11.1 Å². The Hall–Kier alpha value is -1.42. The lowest BCUT2D eigenvalue weighted by molar-refractivity contribution is -0.122. The molecular formula is C14H21N3O. The Balaban J connectivity index is 1.88. The SMILES string of the molecule is CC(NC(=O)CC1(N)CCCC1)c1ccncc1. The van der Waals surface area contributed by atoms with Gasteiger partial charge < -0.3 is 11.1 Å². The Bertz CT molecular complexity index is 399. The van der Waals surface area contributed by atoms with Crippen LogP contribution >= 0.6 is 0 Å². The van der Waals surface area contributed by atoms with Crippen LogP contribution in [0.4, 0.5) is 0 Å². The average Bonchev–Trinajstić information content (AvgIpc) is 2.76. The van der Waals surface area contributed by atoms with Crippen LogP contribution in [-0.2, 0) is 4.79 Å². The predicted octanol–water partition coefficient (Wildman–Crippen LogP) is 1.92. The van der Waals surface area contributed by atoms with Crippen LogP contribution in [-0.4, -0.2) is 16.4 Å². The molecule has 1 heterocycles. The summed E-state index contributed by atoms with van der Waals surface area (Å²) in [5.41, 5.74) is 6.99. The molecule has 3 N–H and O–H groups in total. The zero-order valence-electron chi connectivity index (χ0n) is 10.9. The third-order valence-corrected chi connectivity index (χ3v) is 3.70. The number of nitrogens with two attached hydrogens (primary N) is 1. The van der Waals surface area contributed by atoms with Crippen molar-refractivity contribution < 1.29 is 4.79 Å². The molecule has 1 amide bonds. The molecule has 1 unspecified atom stereocenters. The van der Waals surface area contributed by atoms with Gasteiger partial charge in [-0.15, -0.1) is 0 Å². The molecule has 1 fully saturated rings. The first-order valence-electron chi connectivity index (χ1n) is 6.57. The molecular weight excluding hydrogens is 226 g/mol. The number of hydrogen-bond acceptors (Lipinski definition) is 3. The molecule has 2 rings (SSSR count). The number of pyridine rings is 1. The fourth-order valence-electron chi connectivity index (χ4n) is 2.60. The van der Waals surface area contributed by atoms with E-state index >= 15 is 0 Å². The zero-order chi connectivity index (χ0) is 13.0. The fourth-order valence-corrected chi connectivity index (χ4v) is 2.60. The first-order chi connectivity index (χ1) is 8.59. The minimum absolute atomic E-state index is 0.00510. The van der Waals surface area contributed by atoms with Gasteiger partial charge in [-0.25, -0.2) is 0 Å². The number of carbonyl (C=O) groups is 1. The standard InChI is InChI=1S/C14H21N3O/c1-11(12-4-8-16-9-5-12)17-13(18)10-14(15)6-2-3-7-14/h4-5,8-9,11H,2-3,6-7,10,15H2,1H3,(H,17,18). The maximum atomic E-state index is 12.0. The average molecular weight is 247 g/mol. The summed E-state index contributed by atoms with van der Waals surface area (Å²) in [6.45, 7) is 1.98. The van der Waals surface area contributed by atoms with E-state index in [1.54, 1.807) is 12.4 Å². The molecule has 1 saturated carbocycles. The summed E-state index contributed by atoms with van der Waals surface area (Å²) in [7, 11) is 0. The Kier molecular flexibility index (Phi) is 3.97. The summed E-state index contributed by atoms with van der Waals surface area (Å²) < 4.78 is 0. The summed E-state index contributed by atoms with van der Waals surface area (Å²) in [5, 5.41) is 3.00. The van der Waals surface area contributed by atoms with Gasteiger partial charge in [-0.2, -0.15) is 0 Å². The first-order valence-corrected chi connectivity index (χ1v) is 6.57. The van der Waals surface area contributed by atoms with Crippen LogP contribution in [0.25, 0.3) is 0 Å². The van der Waals surface area contributed by atoms with E-state index in [1.807, 2.05) is 19.1 Å². The molecule has 4 heteroatoms. The van der Waals surface area contributed by atoms with E-state index < -0.39 is 0 Å². The zero-order valence-corrected chi connectivity index (χ0v) is 10.9. The van der Waals surface area contributed by atoms with Gasteiger partial charge in [0.25, 0.3) is 0 Å². The maximum Gasteiger partial charge on any atom is 0.222 e. The third-order valence-electron chi connectivity index (χ3n) is 3.70. The first kappa shape index (κ1) is 13.0. The van der Waals surface area contributed by atoms with Crippen molar-refractivity contribution in [3.05, 3.63) is 30.1 Å². The van der Waals surface area contributed by atoms with Crippen molar-refractivity contribution in [2.24, 2.45) is 5.73 Å². The van der Waals surface area contributed by atoms with Gasteiger partial charge in [-0.1, -0.05) is 12.8 Å². The number of carbonyl (C=O) groups excluding carboxylic acids is 1. The number of rotatable bonds is 4. The maximum absolute atomic E-state index is 12.0. The Morgan fingerprint density at radius 1 is 1.44 bits per heavy atom. The quantitative estimate of drug-likeness (QED) is 0.854. The molecule has 1 aromatic heterocycles. The van der Waals surface area contributed by atoms with Crippen LogP contribution in [0, 0.1) is 0 Å². The predicted molar refractivity (Wildman–Crippen MR) is 70.8 cm³/mol. The molecule has 0 aromatic carbocycles. The Morgan fingerprint density at radius 3 is 2.67 bits per heavy atom. The highest BCUT2D eigenvalue weighted by Crippen LogP contribution is 2.30. The van der Waals surface area contributed by atoms with Gasteiger partial charge >= 0.3 is 0 Å². The van der Waals surface area contributed by atoms with E-state index in [1.165, 1.54) is 0 Å². The van der Waals surface area contributed by atoms with Crippen molar-refractivity contribution >= 4 is 5.91 Å². The number of amides is 1. The van der Waals surface area contributed by atoms with Crippen LogP contribution in [0.2, 0.25) is 0 Å². The van der Waals surface area contributed by atoms with E-state index in [4.69, 9.17) is 5.73 Å². The van der Waals surface area contributed by atoms with Gasteiger partial charge in [0.15, 0.2) is 0 Å². The van der Waals surface area contributed by atoms with Crippen molar-refractivity contribution in [3.63, 3.8) is 0 Å². The second-order valence-electron chi connectivity index (χ2n) is 5.32. The lowest BCUT2D eigenvalue weighted by Crippen LogP contribution is -2.42. The van der Waals surface area contributed by atoms with E-state index in [0.29, 0.717) is 6.42 Å². The smallest absolute Gasteiger partial charge is 0.222 e. The molecule has 18 heavy (non-hydrogen) atoms. The molecule has 1 aliphatic carbocycles. The summed E-state index contributed by atoms with van der Waals surface area (Å²) in [4.78, 5) is 15.9. The van der Waals surface area contributed by atoms with Crippen molar-refractivity contribution in [3.8, 4) is 0 Å². The highest BCUT2D eigenvalue weighted by atomic mass is 16.1. The van der Waals surface area contributed by atoms with Crippen LogP contribution in [0.3, 0.4) is 0 Å². The lowest BCUT2D eigenvalue weighted by Gasteiger charge is -2.24. The Morgan fingerprint density at radius 2 is 2.06 bits per heavy atom. The number of hydrogen-bond donors (Lipinski definition) is 2. The van der Waals surface area contributed by atoms with Crippen LogP contribution in [0.15, 0.2) is 24.5 Å². The highest BCUT2D eigenvalue weighted by Gasteiger charge is 2.31. The van der Waals surface area contributed by atoms with Gasteiger partial charge in [0.2, 0.25) is 5.91 Å². The van der Waals surface area contributed by atoms with Gasteiger partial charge in [-0.05, 0) is 37.5 Å². The molecule has 0 radical (unpaired) electrons. The summed E-state index contributed by atoms with van der Waals surface area (Å²) in [5.74, 6) is 0.0451. The number of nitrogens with zero attached hydrogens (tertiary/aromatic N) is 1. The molecule has 1 aliphatic rings. The fraction of sp³-hybridized carbons (Fsp3) is 0.571. The normalized spacial score (nSPS) is 19.4. The molecule has 1 atom stereocenters. The van der Waals surface area contributed by atoms with Crippen molar-refractivity contribution in [1.29, 1.82) is 0 Å². The largest absolute Gasteiger partial charge is 0.350 e. The van der Waals surface area contributed by atoms with Gasteiger partial charge in [0.1, 0.15) is 0 Å². The minimum Gasteiger partial charge on any atom is -0.350 e. The monoisotopic (exact) mass is 247 g/mol. The Labute approximate surface area is 108 Å². The summed E-state index contributed by atoms with van der Waals surface area (Å²) in [6, 6.07) is 3.84. The molecule has 0 saturated heterocycles. The van der Waals surface area contributed by atoms with Crippen molar-refractivity contribution in [1.82, 2.24) is 10.3 Å². The van der Waals surface area contributed by atoms with Crippen molar-refractivity contribution in [2.45, 2.75) is 50.6 Å². The molecule has 1 aromatic rings. The topological polar surface area (TPSA) is 68.0 Å². The third kappa shape index (κ3) is 3.29. The molecule has 0 spiro atoms. The van der Waals surface area contributed by atoms with Crippen LogP contribution in [0.1, 0.15) is 50.6 Å². The van der Waals surface area contributed by atoms with E-state index in [9.17, 15) is 4.79 Å². The second-order valence-corrected chi connectivity index (χ2v) is 5.32. The van der Waals surface area contributed by atoms with Crippen LogP contribution in [0.5, 0.6) is 0 Å². The summed E-state index contributed by atoms with van der Waals surface area (Å²) in [6.07, 6.45) is 8.11. The molecule has 0 aliphatic heterocycles. The number of aromatic nitrogens is 1. The second kappa shape index (κ2) is 5.48. The van der Waals surface area contributed by atoms with Crippen molar-refractivity contribution in [2.75, 3.05) is 0 Å². The number of nitrogens with one attached hydrogen (secondary N) is 1. The molecule has 98 valence electrons. The lowest BCUT2D eigenvalue weighted by atomic mass is 9.94. The molecule has 4 nitrogen and oxygen atoms in total. The van der Waals surface area contributed by atoms with Gasteiger partial charge in [0, 0.05) is 24.4 Å². The minimum atomic E-state index is -0.276.